The number of nitrogens with zero attached hydrogens (tertiary/aromatic N) is 5. The van der Waals surface area contributed by atoms with Crippen molar-refractivity contribution in [3.8, 4) is 5.88 Å². The van der Waals surface area contributed by atoms with E-state index in [1.807, 2.05) is 12.1 Å². The second-order valence-corrected chi connectivity index (χ2v) is 6.12. The first-order chi connectivity index (χ1) is 11.6. The molecule has 0 aliphatic carbocycles. The number of ether oxygens (including phenoxy) is 1. The molecule has 3 rings (SSSR count). The van der Waals surface area contributed by atoms with E-state index >= 15 is 0 Å². The minimum atomic E-state index is -0.263. The second kappa shape index (κ2) is 7.19. The Bertz CT molecular complexity index is 771. The van der Waals surface area contributed by atoms with Crippen molar-refractivity contribution in [2.75, 3.05) is 38.2 Å². The predicted molar refractivity (Wildman–Crippen MR) is 92.8 cm³/mol. The van der Waals surface area contributed by atoms with E-state index < -0.39 is 0 Å². The Labute approximate surface area is 145 Å². The summed E-state index contributed by atoms with van der Waals surface area (Å²) in [6.45, 7) is 4.22. The molecular weight excluding hydrogens is 330 g/mol. The first kappa shape index (κ1) is 16.7. The molecule has 0 radical (unpaired) electrons. The van der Waals surface area contributed by atoms with Crippen molar-refractivity contribution in [3.63, 3.8) is 0 Å². The summed E-state index contributed by atoms with van der Waals surface area (Å²) in [5.41, 5.74) is 1.62. The first-order valence-electron chi connectivity index (χ1n) is 7.76. The van der Waals surface area contributed by atoms with Crippen molar-refractivity contribution < 1.29 is 4.74 Å². The van der Waals surface area contributed by atoms with Gasteiger partial charge in [0.2, 0.25) is 5.88 Å². The molecule has 1 aliphatic heterocycles. The second-order valence-electron chi connectivity index (χ2n) is 5.74. The minimum absolute atomic E-state index is 0.236. The fourth-order valence-electron chi connectivity index (χ4n) is 2.79. The molecule has 0 atom stereocenters. The molecule has 3 heterocycles. The maximum atomic E-state index is 11.9. The van der Waals surface area contributed by atoms with Crippen LogP contribution >= 0.6 is 11.6 Å². The van der Waals surface area contributed by atoms with Crippen molar-refractivity contribution in [2.24, 2.45) is 7.05 Å². The Balaban J connectivity index is 1.63. The molecule has 1 fully saturated rings. The van der Waals surface area contributed by atoms with Crippen molar-refractivity contribution in [3.05, 3.63) is 45.5 Å². The summed E-state index contributed by atoms with van der Waals surface area (Å²) < 4.78 is 6.41. The van der Waals surface area contributed by atoms with Crippen LogP contribution in [0.15, 0.2) is 29.3 Å². The number of hydrogen-bond donors (Lipinski definition) is 0. The number of anilines is 1. The molecule has 2 aromatic heterocycles. The number of halogens is 1. The molecule has 128 valence electrons. The number of hydrogen-bond acceptors (Lipinski definition) is 6. The van der Waals surface area contributed by atoms with Crippen LogP contribution in [0.2, 0.25) is 5.02 Å². The lowest BCUT2D eigenvalue weighted by atomic mass is 10.2. The zero-order chi connectivity index (χ0) is 17.1. The average Bonchev–Trinajstić information content (AvgIpc) is 2.61. The van der Waals surface area contributed by atoms with Gasteiger partial charge in [0.15, 0.2) is 0 Å². The van der Waals surface area contributed by atoms with Crippen LogP contribution in [0.3, 0.4) is 0 Å². The molecule has 2 aromatic rings. The van der Waals surface area contributed by atoms with Crippen LogP contribution in [0.1, 0.15) is 5.56 Å². The molecule has 24 heavy (non-hydrogen) atoms. The quantitative estimate of drug-likeness (QED) is 0.825. The van der Waals surface area contributed by atoms with Gasteiger partial charge in [-0.05, 0) is 11.6 Å². The van der Waals surface area contributed by atoms with Gasteiger partial charge in [-0.1, -0.05) is 11.6 Å². The number of piperazine rings is 1. The van der Waals surface area contributed by atoms with E-state index in [1.165, 1.54) is 10.2 Å². The van der Waals surface area contributed by atoms with Gasteiger partial charge in [0.05, 0.1) is 19.0 Å². The molecule has 0 saturated carbocycles. The molecule has 8 heteroatoms. The Morgan fingerprint density at radius 3 is 2.75 bits per heavy atom. The highest BCUT2D eigenvalue weighted by molar-refractivity contribution is 6.33. The maximum Gasteiger partial charge on any atom is 0.287 e. The Morgan fingerprint density at radius 1 is 1.29 bits per heavy atom. The van der Waals surface area contributed by atoms with Crippen LogP contribution in [0.25, 0.3) is 0 Å². The molecule has 0 bridgehead atoms. The smallest absolute Gasteiger partial charge is 0.287 e. The van der Waals surface area contributed by atoms with E-state index in [4.69, 9.17) is 16.3 Å². The number of aryl methyl sites for hydroxylation is 1. The summed E-state index contributed by atoms with van der Waals surface area (Å²) in [7, 11) is 3.21. The van der Waals surface area contributed by atoms with Crippen LogP contribution in [-0.2, 0) is 13.6 Å². The first-order valence-corrected chi connectivity index (χ1v) is 8.14. The van der Waals surface area contributed by atoms with Gasteiger partial charge in [0, 0.05) is 52.0 Å². The van der Waals surface area contributed by atoms with E-state index in [0.29, 0.717) is 11.6 Å². The van der Waals surface area contributed by atoms with Crippen molar-refractivity contribution in [1.82, 2.24) is 19.7 Å². The fraction of sp³-hybridized carbons (Fsp3) is 0.438. The third kappa shape index (κ3) is 3.52. The van der Waals surface area contributed by atoms with Gasteiger partial charge in [0.1, 0.15) is 5.02 Å². The minimum Gasteiger partial charge on any atom is -0.481 e. The SMILES string of the molecule is COc1cc(CN2CCN(c3cnn(C)c(=O)c3Cl)CC2)ccn1. The van der Waals surface area contributed by atoms with Gasteiger partial charge < -0.3 is 9.64 Å². The molecule has 0 amide bonds. The number of rotatable bonds is 4. The summed E-state index contributed by atoms with van der Waals surface area (Å²) in [5, 5.41) is 4.30. The summed E-state index contributed by atoms with van der Waals surface area (Å²) in [6.07, 6.45) is 3.42. The summed E-state index contributed by atoms with van der Waals surface area (Å²) in [5.74, 6) is 0.629. The normalized spacial score (nSPS) is 15.5. The van der Waals surface area contributed by atoms with Gasteiger partial charge in [-0.2, -0.15) is 5.10 Å². The van der Waals surface area contributed by atoms with E-state index in [1.54, 1.807) is 26.6 Å². The van der Waals surface area contributed by atoms with Gasteiger partial charge in [-0.3, -0.25) is 9.69 Å². The van der Waals surface area contributed by atoms with Gasteiger partial charge in [0.25, 0.3) is 5.56 Å². The lowest BCUT2D eigenvalue weighted by Crippen LogP contribution is -2.46. The van der Waals surface area contributed by atoms with Crippen LogP contribution in [0, 0.1) is 0 Å². The fourth-order valence-corrected chi connectivity index (χ4v) is 3.08. The van der Waals surface area contributed by atoms with Gasteiger partial charge >= 0.3 is 0 Å². The summed E-state index contributed by atoms with van der Waals surface area (Å²) >= 11 is 6.18. The van der Waals surface area contributed by atoms with E-state index in [-0.39, 0.29) is 10.6 Å². The highest BCUT2D eigenvalue weighted by Crippen LogP contribution is 2.22. The third-order valence-electron chi connectivity index (χ3n) is 4.19. The van der Waals surface area contributed by atoms with E-state index in [9.17, 15) is 4.79 Å². The highest BCUT2D eigenvalue weighted by Gasteiger charge is 2.21. The number of pyridine rings is 1. The zero-order valence-electron chi connectivity index (χ0n) is 13.8. The lowest BCUT2D eigenvalue weighted by Gasteiger charge is -2.36. The molecule has 0 unspecified atom stereocenters. The topological polar surface area (TPSA) is 63.5 Å². The Kier molecular flexibility index (Phi) is 5.01. The van der Waals surface area contributed by atoms with Gasteiger partial charge in [-0.15, -0.1) is 0 Å². The molecule has 0 spiro atoms. The molecule has 1 aliphatic rings. The molecular formula is C16H20ClN5O2. The summed E-state index contributed by atoms with van der Waals surface area (Å²) in [4.78, 5) is 20.5. The highest BCUT2D eigenvalue weighted by atomic mass is 35.5. The predicted octanol–water partition coefficient (Wildman–Crippen LogP) is 1.16. The Hall–Kier alpha value is -2.12. The zero-order valence-corrected chi connectivity index (χ0v) is 14.5. The Morgan fingerprint density at radius 2 is 2.04 bits per heavy atom. The molecule has 7 nitrogen and oxygen atoms in total. The standard InChI is InChI=1S/C16H20ClN5O2/c1-20-16(23)15(17)13(10-19-20)22-7-5-21(6-8-22)11-12-3-4-18-14(9-12)24-2/h3-4,9-10H,5-8,11H2,1-2H3. The average molecular weight is 350 g/mol. The largest absolute Gasteiger partial charge is 0.481 e. The van der Waals surface area contributed by atoms with Crippen molar-refractivity contribution >= 4 is 17.3 Å². The van der Waals surface area contributed by atoms with E-state index in [0.717, 1.165) is 32.7 Å². The van der Waals surface area contributed by atoms with Crippen LogP contribution in [-0.4, -0.2) is 53.0 Å². The van der Waals surface area contributed by atoms with Crippen molar-refractivity contribution in [1.29, 1.82) is 0 Å². The monoisotopic (exact) mass is 349 g/mol. The van der Waals surface area contributed by atoms with Crippen molar-refractivity contribution in [2.45, 2.75) is 6.54 Å². The van der Waals surface area contributed by atoms with Crippen LogP contribution < -0.4 is 15.2 Å². The van der Waals surface area contributed by atoms with Crippen LogP contribution in [0.4, 0.5) is 5.69 Å². The van der Waals surface area contributed by atoms with E-state index in [2.05, 4.69) is 19.9 Å². The molecule has 0 N–H and O–H groups in total. The lowest BCUT2D eigenvalue weighted by molar-refractivity contribution is 0.249. The number of aromatic nitrogens is 3. The van der Waals surface area contributed by atoms with Gasteiger partial charge in [-0.25, -0.2) is 9.67 Å². The number of methoxy groups -OCH3 is 1. The third-order valence-corrected chi connectivity index (χ3v) is 4.54. The molecule has 1 saturated heterocycles. The maximum absolute atomic E-state index is 11.9. The van der Waals surface area contributed by atoms with Crippen LogP contribution in [0.5, 0.6) is 5.88 Å². The summed E-state index contributed by atoms with van der Waals surface area (Å²) in [6, 6.07) is 3.95. The molecule has 0 aromatic carbocycles.